The van der Waals surface area contributed by atoms with Crippen molar-refractivity contribution in [1.29, 1.82) is 0 Å². The van der Waals surface area contributed by atoms with E-state index < -0.39 is 34.4 Å². The molecule has 1 aliphatic rings. The Balaban J connectivity index is 2.56. The van der Waals surface area contributed by atoms with E-state index in [1.54, 1.807) is 0 Å². The van der Waals surface area contributed by atoms with Gasteiger partial charge in [-0.2, -0.15) is 13.2 Å². The number of carboxylic acids is 1. The number of hydrogen-bond donors (Lipinski definition) is 1. The maximum Gasteiger partial charge on any atom is 0.389 e. The number of rotatable bonds is 5. The molecule has 112 valence electrons. The number of hydrogen-bond acceptors (Lipinski definition) is 4. The van der Waals surface area contributed by atoms with Gasteiger partial charge in [0.2, 0.25) is 0 Å². The predicted octanol–water partition coefficient (Wildman–Crippen LogP) is 0.903. The van der Waals surface area contributed by atoms with Crippen LogP contribution in [-0.4, -0.2) is 61.2 Å². The van der Waals surface area contributed by atoms with Crippen molar-refractivity contribution in [2.75, 3.05) is 24.6 Å². The molecule has 1 aliphatic heterocycles. The molecule has 1 unspecified atom stereocenters. The van der Waals surface area contributed by atoms with Crippen LogP contribution in [0.15, 0.2) is 0 Å². The molecular weight excluding hydrogens is 287 g/mol. The fourth-order valence-electron chi connectivity index (χ4n) is 2.09. The summed E-state index contributed by atoms with van der Waals surface area (Å²) in [6, 6.07) is -0.732. The summed E-state index contributed by atoms with van der Waals surface area (Å²) in [5.41, 5.74) is 0. The van der Waals surface area contributed by atoms with Crippen molar-refractivity contribution < 1.29 is 31.5 Å². The van der Waals surface area contributed by atoms with E-state index in [0.717, 1.165) is 0 Å². The first-order chi connectivity index (χ1) is 8.59. The highest BCUT2D eigenvalue weighted by Crippen LogP contribution is 2.23. The molecule has 0 saturated carbocycles. The first-order valence-corrected chi connectivity index (χ1v) is 7.64. The highest BCUT2D eigenvalue weighted by atomic mass is 32.2. The van der Waals surface area contributed by atoms with Crippen LogP contribution in [0.4, 0.5) is 13.2 Å². The van der Waals surface area contributed by atoms with Gasteiger partial charge in [0.25, 0.3) is 0 Å². The summed E-state index contributed by atoms with van der Waals surface area (Å²) in [5.74, 6) is -1.58. The number of alkyl halides is 3. The Labute approximate surface area is 109 Å². The van der Waals surface area contributed by atoms with Gasteiger partial charge < -0.3 is 5.11 Å². The van der Waals surface area contributed by atoms with Crippen LogP contribution in [0.1, 0.15) is 19.3 Å². The first-order valence-electron chi connectivity index (χ1n) is 5.82. The molecule has 1 fully saturated rings. The third kappa shape index (κ3) is 6.24. The Morgan fingerprint density at radius 3 is 2.53 bits per heavy atom. The van der Waals surface area contributed by atoms with Gasteiger partial charge in [-0.15, -0.1) is 0 Å². The number of aliphatic carboxylic acids is 1. The van der Waals surface area contributed by atoms with Gasteiger partial charge in [0, 0.05) is 19.0 Å². The number of carbonyl (C=O) groups is 1. The number of halogens is 3. The smallest absolute Gasteiger partial charge is 0.389 e. The minimum Gasteiger partial charge on any atom is -0.481 e. The van der Waals surface area contributed by atoms with E-state index in [0.29, 0.717) is 0 Å². The monoisotopic (exact) mass is 303 g/mol. The van der Waals surface area contributed by atoms with Crippen molar-refractivity contribution in [2.24, 2.45) is 0 Å². The van der Waals surface area contributed by atoms with E-state index in [-0.39, 0.29) is 37.4 Å². The van der Waals surface area contributed by atoms with Crippen molar-refractivity contribution in [1.82, 2.24) is 4.90 Å². The van der Waals surface area contributed by atoms with Gasteiger partial charge in [0.1, 0.15) is 0 Å². The summed E-state index contributed by atoms with van der Waals surface area (Å²) < 4.78 is 58.9. The average molecular weight is 303 g/mol. The summed E-state index contributed by atoms with van der Waals surface area (Å²) in [4.78, 5) is 12.2. The molecule has 1 heterocycles. The zero-order valence-electron chi connectivity index (χ0n) is 10.2. The largest absolute Gasteiger partial charge is 0.481 e. The third-order valence-electron chi connectivity index (χ3n) is 2.97. The van der Waals surface area contributed by atoms with Crippen molar-refractivity contribution >= 4 is 15.8 Å². The fourth-order valence-corrected chi connectivity index (χ4v) is 3.68. The summed E-state index contributed by atoms with van der Waals surface area (Å²) in [6.45, 7) is 0.158. The van der Waals surface area contributed by atoms with Crippen LogP contribution in [0.25, 0.3) is 0 Å². The highest BCUT2D eigenvalue weighted by Gasteiger charge is 2.33. The lowest BCUT2D eigenvalue weighted by Gasteiger charge is -2.34. The molecule has 0 amide bonds. The Kier molecular flexibility index (Phi) is 5.19. The molecule has 1 rings (SSSR count). The lowest BCUT2D eigenvalue weighted by Crippen LogP contribution is -2.49. The van der Waals surface area contributed by atoms with Gasteiger partial charge in [0.15, 0.2) is 9.84 Å². The van der Waals surface area contributed by atoms with Crippen LogP contribution in [-0.2, 0) is 14.6 Å². The lowest BCUT2D eigenvalue weighted by atomic mass is 10.1. The second-order valence-corrected chi connectivity index (χ2v) is 6.85. The highest BCUT2D eigenvalue weighted by molar-refractivity contribution is 7.91. The molecule has 1 N–H and O–H groups in total. The van der Waals surface area contributed by atoms with Gasteiger partial charge in [-0.25, -0.2) is 8.42 Å². The molecule has 19 heavy (non-hydrogen) atoms. The quantitative estimate of drug-likeness (QED) is 0.817. The van der Waals surface area contributed by atoms with Crippen LogP contribution in [0.5, 0.6) is 0 Å². The molecule has 1 atom stereocenters. The third-order valence-corrected chi connectivity index (χ3v) is 4.67. The second kappa shape index (κ2) is 6.08. The molecule has 0 radical (unpaired) electrons. The molecule has 0 aromatic rings. The molecular formula is C10H16F3NO4S. The maximum absolute atomic E-state index is 12.0. The SMILES string of the molecule is O=C(O)CC1CS(=O)(=O)CCN1CCCC(F)(F)F. The maximum atomic E-state index is 12.0. The minimum atomic E-state index is -4.25. The van der Waals surface area contributed by atoms with Crippen LogP contribution >= 0.6 is 0 Å². The molecule has 5 nitrogen and oxygen atoms in total. The average Bonchev–Trinajstić information content (AvgIpc) is 2.18. The van der Waals surface area contributed by atoms with Crippen molar-refractivity contribution in [3.63, 3.8) is 0 Å². The van der Waals surface area contributed by atoms with Crippen LogP contribution in [0.3, 0.4) is 0 Å². The van der Waals surface area contributed by atoms with E-state index in [9.17, 15) is 26.4 Å². The molecule has 9 heteroatoms. The molecule has 0 aromatic heterocycles. The van der Waals surface area contributed by atoms with Gasteiger partial charge in [0.05, 0.1) is 17.9 Å². The van der Waals surface area contributed by atoms with E-state index >= 15 is 0 Å². The minimum absolute atomic E-state index is 0.0625. The summed E-state index contributed by atoms with van der Waals surface area (Å²) >= 11 is 0. The lowest BCUT2D eigenvalue weighted by molar-refractivity contribution is -0.140. The van der Waals surface area contributed by atoms with Crippen molar-refractivity contribution in [3.05, 3.63) is 0 Å². The molecule has 0 aliphatic carbocycles. The van der Waals surface area contributed by atoms with Crippen LogP contribution in [0.2, 0.25) is 0 Å². The van der Waals surface area contributed by atoms with Crippen LogP contribution in [0, 0.1) is 0 Å². The first kappa shape index (κ1) is 16.2. The summed E-state index contributed by atoms with van der Waals surface area (Å²) in [5, 5.41) is 8.71. The number of nitrogens with zero attached hydrogens (tertiary/aromatic N) is 1. The Morgan fingerprint density at radius 1 is 1.37 bits per heavy atom. The van der Waals surface area contributed by atoms with E-state index in [4.69, 9.17) is 5.11 Å². The predicted molar refractivity (Wildman–Crippen MR) is 61.6 cm³/mol. The zero-order chi connectivity index (χ0) is 14.7. The summed E-state index contributed by atoms with van der Waals surface area (Å²) in [7, 11) is -3.29. The van der Waals surface area contributed by atoms with E-state index in [2.05, 4.69) is 0 Å². The summed E-state index contributed by atoms with van der Waals surface area (Å²) in [6.07, 6.45) is -5.72. The van der Waals surface area contributed by atoms with E-state index in [1.807, 2.05) is 0 Å². The normalized spacial score (nSPS) is 24.3. The van der Waals surface area contributed by atoms with Gasteiger partial charge >= 0.3 is 12.1 Å². The zero-order valence-corrected chi connectivity index (χ0v) is 11.0. The van der Waals surface area contributed by atoms with Gasteiger partial charge in [-0.05, 0) is 13.0 Å². The number of sulfone groups is 1. The van der Waals surface area contributed by atoms with Gasteiger partial charge in [-0.3, -0.25) is 9.69 Å². The van der Waals surface area contributed by atoms with Crippen LogP contribution < -0.4 is 0 Å². The molecule has 0 bridgehead atoms. The van der Waals surface area contributed by atoms with Crippen molar-refractivity contribution in [3.8, 4) is 0 Å². The Morgan fingerprint density at radius 2 is 2.00 bits per heavy atom. The van der Waals surface area contributed by atoms with E-state index in [1.165, 1.54) is 4.90 Å². The molecule has 1 saturated heterocycles. The topological polar surface area (TPSA) is 74.7 Å². The second-order valence-electron chi connectivity index (χ2n) is 4.62. The fraction of sp³-hybridized carbons (Fsp3) is 0.900. The Bertz CT molecular complexity index is 421. The van der Waals surface area contributed by atoms with Gasteiger partial charge in [-0.1, -0.05) is 0 Å². The Hall–Kier alpha value is -0.830. The molecule has 0 spiro atoms. The number of carboxylic acid groups (broad SMARTS) is 1. The van der Waals surface area contributed by atoms with Crippen molar-refractivity contribution in [2.45, 2.75) is 31.5 Å². The standard InChI is InChI=1S/C10H16F3NO4S/c11-10(12,13)2-1-3-14-4-5-19(17,18)7-8(14)6-9(15)16/h8H,1-7H2,(H,15,16). The molecule has 0 aromatic carbocycles.